The first-order valence-electron chi connectivity index (χ1n) is 3.84. The van der Waals surface area contributed by atoms with Gasteiger partial charge in [-0.25, -0.2) is 4.79 Å². The van der Waals surface area contributed by atoms with Crippen molar-refractivity contribution in [2.24, 2.45) is 5.92 Å². The van der Waals surface area contributed by atoms with Crippen LogP contribution in [0.15, 0.2) is 0 Å². The third-order valence-corrected chi connectivity index (χ3v) is 1.56. The van der Waals surface area contributed by atoms with Gasteiger partial charge in [0, 0.05) is 6.54 Å². The lowest BCUT2D eigenvalue weighted by Gasteiger charge is -2.03. The number of aliphatic hydroxyl groups is 1. The summed E-state index contributed by atoms with van der Waals surface area (Å²) >= 11 is 0. The minimum Gasteiger partial charge on any atom is -0.447 e. The van der Waals surface area contributed by atoms with Crippen LogP contribution in [0, 0.1) is 5.92 Å². The van der Waals surface area contributed by atoms with Gasteiger partial charge in [0.15, 0.2) is 0 Å². The first-order chi connectivity index (χ1) is 5.33. The lowest BCUT2D eigenvalue weighted by Crippen LogP contribution is -2.27. The minimum atomic E-state index is -0.425. The zero-order chi connectivity index (χ0) is 8.10. The summed E-state index contributed by atoms with van der Waals surface area (Å²) in [5, 5.41) is 10.9. The van der Waals surface area contributed by atoms with Gasteiger partial charge in [-0.2, -0.15) is 0 Å². The third kappa shape index (κ3) is 3.83. The second-order valence-corrected chi connectivity index (χ2v) is 2.68. The molecule has 0 radical (unpaired) electrons. The highest BCUT2D eigenvalue weighted by Crippen LogP contribution is 2.27. The molecule has 64 valence electrons. The summed E-state index contributed by atoms with van der Waals surface area (Å²) in [7, 11) is 0. The SMILES string of the molecule is O=C(NCC1CC1)OCCO. The van der Waals surface area contributed by atoms with Crippen molar-refractivity contribution in [2.75, 3.05) is 19.8 Å². The van der Waals surface area contributed by atoms with E-state index in [2.05, 4.69) is 10.1 Å². The maximum atomic E-state index is 10.7. The Bertz CT molecular complexity index is 134. The molecular weight excluding hydrogens is 146 g/mol. The maximum Gasteiger partial charge on any atom is 0.407 e. The first kappa shape index (κ1) is 8.33. The molecule has 4 heteroatoms. The molecule has 11 heavy (non-hydrogen) atoms. The van der Waals surface area contributed by atoms with Crippen LogP contribution in [-0.4, -0.2) is 31.0 Å². The van der Waals surface area contributed by atoms with E-state index in [0.29, 0.717) is 12.5 Å². The highest BCUT2D eigenvalue weighted by molar-refractivity contribution is 5.67. The Morgan fingerprint density at radius 1 is 1.64 bits per heavy atom. The fourth-order valence-corrected chi connectivity index (χ4v) is 0.739. The van der Waals surface area contributed by atoms with E-state index in [-0.39, 0.29) is 13.2 Å². The lowest BCUT2D eigenvalue weighted by atomic mass is 10.4. The summed E-state index contributed by atoms with van der Waals surface area (Å²) in [5.41, 5.74) is 0. The van der Waals surface area contributed by atoms with Crippen LogP contribution in [0.4, 0.5) is 4.79 Å². The Balaban J connectivity index is 1.91. The molecule has 0 bridgehead atoms. The highest BCUT2D eigenvalue weighted by Gasteiger charge is 2.21. The topological polar surface area (TPSA) is 58.6 Å². The maximum absolute atomic E-state index is 10.7. The van der Waals surface area contributed by atoms with E-state index in [0.717, 1.165) is 0 Å². The average Bonchev–Trinajstić information content (AvgIpc) is 2.80. The number of nitrogens with one attached hydrogen (secondary N) is 1. The van der Waals surface area contributed by atoms with E-state index < -0.39 is 6.09 Å². The number of ether oxygens (including phenoxy) is 1. The molecule has 0 aliphatic heterocycles. The number of alkyl carbamates (subject to hydrolysis) is 1. The van der Waals surface area contributed by atoms with Crippen LogP contribution in [0.3, 0.4) is 0 Å². The van der Waals surface area contributed by atoms with Gasteiger partial charge < -0.3 is 15.2 Å². The number of carbonyl (C=O) groups excluding carboxylic acids is 1. The van der Waals surface area contributed by atoms with Crippen LogP contribution in [0.2, 0.25) is 0 Å². The Kier molecular flexibility index (Phi) is 3.16. The fourth-order valence-electron chi connectivity index (χ4n) is 0.739. The van der Waals surface area contributed by atoms with Crippen molar-refractivity contribution in [1.82, 2.24) is 5.32 Å². The Morgan fingerprint density at radius 3 is 2.91 bits per heavy atom. The van der Waals surface area contributed by atoms with Gasteiger partial charge in [-0.05, 0) is 18.8 Å². The van der Waals surface area contributed by atoms with Crippen molar-refractivity contribution < 1.29 is 14.6 Å². The van der Waals surface area contributed by atoms with Gasteiger partial charge in [0.2, 0.25) is 0 Å². The summed E-state index contributed by atoms with van der Waals surface area (Å²) in [6.45, 7) is 0.678. The van der Waals surface area contributed by atoms with Gasteiger partial charge in [-0.1, -0.05) is 0 Å². The molecule has 0 aromatic rings. The second-order valence-electron chi connectivity index (χ2n) is 2.68. The van der Waals surface area contributed by atoms with Crippen molar-refractivity contribution in [1.29, 1.82) is 0 Å². The van der Waals surface area contributed by atoms with Crippen molar-refractivity contribution in [2.45, 2.75) is 12.8 Å². The van der Waals surface area contributed by atoms with Gasteiger partial charge in [0.1, 0.15) is 6.61 Å². The first-order valence-corrected chi connectivity index (χ1v) is 3.84. The van der Waals surface area contributed by atoms with Crippen LogP contribution in [0.5, 0.6) is 0 Å². The summed E-state index contributed by atoms with van der Waals surface area (Å²) in [6, 6.07) is 0. The Hall–Kier alpha value is -0.770. The van der Waals surface area contributed by atoms with Crippen molar-refractivity contribution >= 4 is 6.09 Å². The second kappa shape index (κ2) is 4.18. The predicted molar refractivity (Wildman–Crippen MR) is 39.2 cm³/mol. The molecule has 0 spiro atoms. The molecule has 0 unspecified atom stereocenters. The van der Waals surface area contributed by atoms with Crippen LogP contribution in [0.1, 0.15) is 12.8 Å². The number of hydrogen-bond acceptors (Lipinski definition) is 3. The molecule has 1 amide bonds. The van der Waals surface area contributed by atoms with E-state index in [4.69, 9.17) is 5.11 Å². The molecule has 1 aliphatic rings. The van der Waals surface area contributed by atoms with E-state index in [1.165, 1.54) is 12.8 Å². The smallest absolute Gasteiger partial charge is 0.407 e. The molecule has 0 saturated heterocycles. The standard InChI is InChI=1S/C7H13NO3/c9-3-4-11-7(10)8-5-6-1-2-6/h6,9H,1-5H2,(H,8,10). The molecule has 0 aromatic carbocycles. The normalized spacial score (nSPS) is 16.1. The highest BCUT2D eigenvalue weighted by atomic mass is 16.6. The molecule has 0 atom stereocenters. The quantitative estimate of drug-likeness (QED) is 0.612. The molecule has 1 fully saturated rings. The van der Waals surface area contributed by atoms with E-state index in [1.54, 1.807) is 0 Å². The van der Waals surface area contributed by atoms with Crippen molar-refractivity contribution in [3.05, 3.63) is 0 Å². The molecule has 1 aliphatic carbocycles. The number of rotatable bonds is 4. The zero-order valence-corrected chi connectivity index (χ0v) is 6.38. The minimum absolute atomic E-state index is 0.0799. The lowest BCUT2D eigenvalue weighted by molar-refractivity contribution is 0.119. The van der Waals surface area contributed by atoms with Crippen LogP contribution < -0.4 is 5.32 Å². The number of carbonyl (C=O) groups is 1. The number of amides is 1. The Morgan fingerprint density at radius 2 is 2.36 bits per heavy atom. The van der Waals surface area contributed by atoms with Crippen LogP contribution >= 0.6 is 0 Å². The number of aliphatic hydroxyl groups excluding tert-OH is 1. The van der Waals surface area contributed by atoms with E-state index in [1.807, 2.05) is 0 Å². The predicted octanol–water partition coefficient (Wildman–Crippen LogP) is 0.115. The van der Waals surface area contributed by atoms with Crippen LogP contribution in [-0.2, 0) is 4.74 Å². The van der Waals surface area contributed by atoms with Crippen LogP contribution in [0.25, 0.3) is 0 Å². The largest absolute Gasteiger partial charge is 0.447 e. The molecule has 4 nitrogen and oxygen atoms in total. The van der Waals surface area contributed by atoms with Gasteiger partial charge in [0.25, 0.3) is 0 Å². The fraction of sp³-hybridized carbons (Fsp3) is 0.857. The van der Waals surface area contributed by atoms with Gasteiger partial charge in [0.05, 0.1) is 6.61 Å². The zero-order valence-electron chi connectivity index (χ0n) is 6.38. The monoisotopic (exact) mass is 159 g/mol. The van der Waals surface area contributed by atoms with Gasteiger partial charge in [-0.15, -0.1) is 0 Å². The molecule has 1 rings (SSSR count). The van der Waals surface area contributed by atoms with Crippen molar-refractivity contribution in [3.8, 4) is 0 Å². The molecule has 2 N–H and O–H groups in total. The van der Waals surface area contributed by atoms with Crippen molar-refractivity contribution in [3.63, 3.8) is 0 Å². The number of hydrogen-bond donors (Lipinski definition) is 2. The van der Waals surface area contributed by atoms with E-state index >= 15 is 0 Å². The van der Waals surface area contributed by atoms with Gasteiger partial charge in [-0.3, -0.25) is 0 Å². The molecule has 0 aromatic heterocycles. The molecular formula is C7H13NO3. The summed E-state index contributed by atoms with van der Waals surface area (Å²) in [5.74, 6) is 0.664. The Labute approximate surface area is 65.5 Å². The molecule has 0 heterocycles. The van der Waals surface area contributed by atoms with Gasteiger partial charge >= 0.3 is 6.09 Å². The summed E-state index contributed by atoms with van der Waals surface area (Å²) in [4.78, 5) is 10.7. The third-order valence-electron chi connectivity index (χ3n) is 1.56. The average molecular weight is 159 g/mol. The molecule has 1 saturated carbocycles. The van der Waals surface area contributed by atoms with E-state index in [9.17, 15) is 4.79 Å². The summed E-state index contributed by atoms with van der Waals surface area (Å²) in [6.07, 6.45) is 1.99. The summed E-state index contributed by atoms with van der Waals surface area (Å²) < 4.78 is 4.57.